The van der Waals surface area contributed by atoms with Gasteiger partial charge in [0.15, 0.2) is 5.43 Å². The molecule has 0 spiro atoms. The Morgan fingerprint density at radius 2 is 2.12 bits per heavy atom. The Kier molecular flexibility index (Phi) is 3.33. The summed E-state index contributed by atoms with van der Waals surface area (Å²) in [7, 11) is 2.10. The zero-order valence-electron chi connectivity index (χ0n) is 10.6. The molecule has 0 aliphatic heterocycles. The number of nitrogens with one attached hydrogen (secondary N) is 2. The van der Waals surface area contributed by atoms with Gasteiger partial charge in [-0.1, -0.05) is 0 Å². The number of aromatic amines is 2. The van der Waals surface area contributed by atoms with Gasteiger partial charge in [0.25, 0.3) is 0 Å². The van der Waals surface area contributed by atoms with Gasteiger partial charge in [-0.25, -0.2) is 0 Å². The first-order valence-electron chi connectivity index (χ1n) is 5.97. The third-order valence-corrected chi connectivity index (χ3v) is 3.29. The van der Waals surface area contributed by atoms with Crippen LogP contribution >= 0.6 is 0 Å². The van der Waals surface area contributed by atoms with Crippen LogP contribution in [0.2, 0.25) is 0 Å². The van der Waals surface area contributed by atoms with E-state index in [2.05, 4.69) is 35.8 Å². The highest BCUT2D eigenvalue weighted by Crippen LogP contribution is 2.12. The van der Waals surface area contributed by atoms with E-state index >= 15 is 0 Å². The summed E-state index contributed by atoms with van der Waals surface area (Å²) in [6.07, 6.45) is 4.49. The molecule has 2 aromatic heterocycles. The van der Waals surface area contributed by atoms with Crippen LogP contribution in [0.5, 0.6) is 0 Å². The molecule has 0 unspecified atom stereocenters. The Morgan fingerprint density at radius 1 is 1.35 bits per heavy atom. The predicted molar refractivity (Wildman–Crippen MR) is 70.4 cm³/mol. The molecule has 92 valence electrons. The fourth-order valence-corrected chi connectivity index (χ4v) is 1.90. The van der Waals surface area contributed by atoms with E-state index in [1.807, 2.05) is 6.20 Å². The maximum Gasteiger partial charge on any atom is 0.191 e. The van der Waals surface area contributed by atoms with Crippen LogP contribution in [-0.2, 0) is 6.42 Å². The minimum atomic E-state index is 0.0854. The molecule has 2 aromatic rings. The smallest absolute Gasteiger partial charge is 0.191 e. The van der Waals surface area contributed by atoms with Crippen molar-refractivity contribution in [2.45, 2.75) is 26.3 Å². The van der Waals surface area contributed by atoms with Gasteiger partial charge in [-0.3, -0.25) is 4.79 Å². The van der Waals surface area contributed by atoms with Crippen LogP contribution in [0.25, 0.3) is 11.0 Å². The summed E-state index contributed by atoms with van der Waals surface area (Å²) in [5.74, 6) is 0. The molecule has 0 aliphatic carbocycles. The van der Waals surface area contributed by atoms with E-state index in [4.69, 9.17) is 0 Å². The summed E-state index contributed by atoms with van der Waals surface area (Å²) in [5.41, 5.74) is 2.00. The quantitative estimate of drug-likeness (QED) is 0.845. The van der Waals surface area contributed by atoms with Gasteiger partial charge in [-0.2, -0.15) is 0 Å². The number of H-pyrrole nitrogens is 2. The molecule has 0 saturated carbocycles. The van der Waals surface area contributed by atoms with Crippen molar-refractivity contribution in [1.29, 1.82) is 0 Å². The van der Waals surface area contributed by atoms with Gasteiger partial charge in [0.2, 0.25) is 0 Å². The van der Waals surface area contributed by atoms with Crippen LogP contribution in [-0.4, -0.2) is 34.5 Å². The maximum absolute atomic E-state index is 11.8. The average molecular weight is 233 g/mol. The standard InChI is InChI=1S/C13H19N3O/c1-9(2)16(3)7-5-10-8-15-13-12(10)11(17)4-6-14-13/h4,6,8-9H,5,7H2,1-3H3,(H2,14,15,17). The minimum absolute atomic E-state index is 0.0854. The Labute approximate surface area is 101 Å². The normalized spacial score (nSPS) is 11.8. The topological polar surface area (TPSA) is 51.9 Å². The highest BCUT2D eigenvalue weighted by molar-refractivity contribution is 5.79. The van der Waals surface area contributed by atoms with Crippen molar-refractivity contribution in [1.82, 2.24) is 14.9 Å². The Morgan fingerprint density at radius 3 is 2.82 bits per heavy atom. The molecular formula is C13H19N3O. The summed E-state index contributed by atoms with van der Waals surface area (Å²) in [6.45, 7) is 5.29. The summed E-state index contributed by atoms with van der Waals surface area (Å²) >= 11 is 0. The van der Waals surface area contributed by atoms with Crippen molar-refractivity contribution in [2.75, 3.05) is 13.6 Å². The molecule has 0 amide bonds. The monoisotopic (exact) mass is 233 g/mol. The van der Waals surface area contributed by atoms with Crippen molar-refractivity contribution in [3.8, 4) is 0 Å². The van der Waals surface area contributed by atoms with Crippen LogP contribution in [0, 0.1) is 0 Å². The third kappa shape index (κ3) is 2.42. The second-order valence-electron chi connectivity index (χ2n) is 4.73. The van der Waals surface area contributed by atoms with E-state index < -0.39 is 0 Å². The molecule has 2 heterocycles. The van der Waals surface area contributed by atoms with Crippen molar-refractivity contribution < 1.29 is 0 Å². The Bertz CT molecular complexity index is 553. The fourth-order valence-electron chi connectivity index (χ4n) is 1.90. The molecule has 4 nitrogen and oxygen atoms in total. The van der Waals surface area contributed by atoms with Gasteiger partial charge < -0.3 is 14.9 Å². The van der Waals surface area contributed by atoms with Crippen LogP contribution in [0.1, 0.15) is 19.4 Å². The summed E-state index contributed by atoms with van der Waals surface area (Å²) in [5, 5.41) is 0.796. The van der Waals surface area contributed by atoms with Crippen LogP contribution in [0.4, 0.5) is 0 Å². The molecule has 0 aliphatic rings. The number of hydrogen-bond acceptors (Lipinski definition) is 2. The van der Waals surface area contributed by atoms with Gasteiger partial charge >= 0.3 is 0 Å². The van der Waals surface area contributed by atoms with Gasteiger partial charge in [-0.15, -0.1) is 0 Å². The molecule has 0 fully saturated rings. The highest BCUT2D eigenvalue weighted by Gasteiger charge is 2.09. The summed E-state index contributed by atoms with van der Waals surface area (Å²) < 4.78 is 0. The predicted octanol–water partition coefficient (Wildman–Crippen LogP) is 1.74. The van der Waals surface area contributed by atoms with E-state index in [-0.39, 0.29) is 5.43 Å². The summed E-state index contributed by atoms with van der Waals surface area (Å²) in [6, 6.07) is 2.10. The number of fused-ring (bicyclic) bond motifs is 1. The van der Waals surface area contributed by atoms with E-state index in [0.29, 0.717) is 6.04 Å². The largest absolute Gasteiger partial charge is 0.347 e. The van der Waals surface area contributed by atoms with Gasteiger partial charge in [-0.05, 0) is 32.9 Å². The SMILES string of the molecule is CC(C)N(C)CCc1c[nH]c2[nH]ccc(=O)c12. The molecule has 2 rings (SSSR count). The molecular weight excluding hydrogens is 214 g/mol. The number of nitrogens with zero attached hydrogens (tertiary/aromatic N) is 1. The van der Waals surface area contributed by atoms with Crippen molar-refractivity contribution in [2.24, 2.45) is 0 Å². The maximum atomic E-state index is 11.8. The lowest BCUT2D eigenvalue weighted by molar-refractivity contribution is 0.278. The van der Waals surface area contributed by atoms with Gasteiger partial charge in [0, 0.05) is 31.0 Å². The third-order valence-electron chi connectivity index (χ3n) is 3.29. The van der Waals surface area contributed by atoms with Crippen LogP contribution < -0.4 is 5.43 Å². The molecule has 0 bridgehead atoms. The average Bonchev–Trinajstić information content (AvgIpc) is 2.70. The van der Waals surface area contributed by atoms with Crippen molar-refractivity contribution in [3.63, 3.8) is 0 Å². The Hall–Kier alpha value is -1.55. The lowest BCUT2D eigenvalue weighted by atomic mass is 10.1. The van der Waals surface area contributed by atoms with Gasteiger partial charge in [0.05, 0.1) is 5.39 Å². The van der Waals surface area contributed by atoms with Crippen molar-refractivity contribution in [3.05, 3.63) is 34.2 Å². The molecule has 0 atom stereocenters. The van der Waals surface area contributed by atoms with Gasteiger partial charge in [0.1, 0.15) is 5.65 Å². The first-order chi connectivity index (χ1) is 8.09. The van der Waals surface area contributed by atoms with Crippen molar-refractivity contribution >= 4 is 11.0 Å². The fraction of sp³-hybridized carbons (Fsp3) is 0.462. The lowest BCUT2D eigenvalue weighted by Crippen LogP contribution is -2.28. The van der Waals surface area contributed by atoms with Crippen LogP contribution in [0.15, 0.2) is 23.3 Å². The second-order valence-corrected chi connectivity index (χ2v) is 4.73. The highest BCUT2D eigenvalue weighted by atomic mass is 16.1. The molecule has 4 heteroatoms. The number of likely N-dealkylation sites (N-methyl/N-ethyl adjacent to an activating group) is 1. The molecule has 0 radical (unpaired) electrons. The molecule has 2 N–H and O–H groups in total. The minimum Gasteiger partial charge on any atom is -0.347 e. The van der Waals surface area contributed by atoms with E-state index in [0.717, 1.165) is 29.6 Å². The van der Waals surface area contributed by atoms with E-state index in [9.17, 15) is 4.79 Å². The Balaban J connectivity index is 2.22. The molecule has 0 saturated heterocycles. The number of aromatic nitrogens is 2. The summed E-state index contributed by atoms with van der Waals surface area (Å²) in [4.78, 5) is 20.2. The molecule has 17 heavy (non-hydrogen) atoms. The molecule has 0 aromatic carbocycles. The first-order valence-corrected chi connectivity index (χ1v) is 5.97. The first kappa shape index (κ1) is 11.9. The van der Waals surface area contributed by atoms with E-state index in [1.165, 1.54) is 0 Å². The van der Waals surface area contributed by atoms with E-state index in [1.54, 1.807) is 12.3 Å². The number of rotatable bonds is 4. The number of hydrogen-bond donors (Lipinski definition) is 2. The lowest BCUT2D eigenvalue weighted by Gasteiger charge is -2.20. The zero-order valence-corrected chi connectivity index (χ0v) is 10.6. The number of pyridine rings is 1. The second kappa shape index (κ2) is 4.75. The van der Waals surface area contributed by atoms with Crippen LogP contribution in [0.3, 0.4) is 0 Å². The zero-order chi connectivity index (χ0) is 12.4.